The summed E-state index contributed by atoms with van der Waals surface area (Å²) in [4.78, 5) is 22.6. The van der Waals surface area contributed by atoms with E-state index in [2.05, 4.69) is 160 Å². The van der Waals surface area contributed by atoms with Gasteiger partial charge in [-0.05, 0) is 116 Å². The Morgan fingerprint density at radius 3 is 1.16 bits per heavy atom. The highest BCUT2D eigenvalue weighted by atomic mass is 31.2. The number of phosphoric ester groups is 1. The zero-order valence-corrected chi connectivity index (χ0v) is 43.7. The van der Waals surface area contributed by atoms with E-state index >= 15 is 0 Å². The number of carbonyl (C=O) groups is 1. The van der Waals surface area contributed by atoms with E-state index in [1.54, 1.807) is 0 Å². The van der Waals surface area contributed by atoms with Gasteiger partial charge in [0.2, 0.25) is 0 Å². The Morgan fingerprint density at radius 1 is 0.441 bits per heavy atom. The molecule has 0 rings (SSSR count). The minimum Gasteiger partial charge on any atom is -0.457 e. The molecule has 3 N–H and O–H groups in total. The molecule has 0 amide bonds. The standard InChI is InChI=1S/C59H96NO7P/c1-3-5-7-9-11-13-15-17-19-21-23-25-27-29-30-32-34-36-38-40-42-44-46-48-50-52-59(61)67-58(57-66-68(62,63)65-55-53-60)56-64-54-51-49-47-45-43-41-39-37-35-33-31-28-26-24-22-20-18-16-14-12-10-8-6-4-2/h5-8,11-14,17-20,23-26,29-31,33,37,39,43,45,58H,3-4,9-10,15-16,21-22,27-28,32,34-36,38,40-42,44,46-57,60H2,1-2H3,(H,62,63)/b7-5-,8-6-,13-11-,14-12-,19-17-,20-18-,25-23-,26-24-,30-29-,33-31-,39-37-,45-43-. The molecular weight excluding hydrogens is 866 g/mol. The number of carbonyl (C=O) groups excluding carboxylic acids is 1. The van der Waals surface area contributed by atoms with Crippen molar-refractivity contribution in [3.8, 4) is 0 Å². The summed E-state index contributed by atoms with van der Waals surface area (Å²) in [5.74, 6) is -0.359. The summed E-state index contributed by atoms with van der Waals surface area (Å²) in [6.07, 6.45) is 78.9. The number of esters is 1. The van der Waals surface area contributed by atoms with Crippen LogP contribution in [0.25, 0.3) is 0 Å². The van der Waals surface area contributed by atoms with Crippen LogP contribution < -0.4 is 5.73 Å². The number of hydrogen-bond acceptors (Lipinski definition) is 7. The number of phosphoric acid groups is 1. The second-order valence-electron chi connectivity index (χ2n) is 16.6. The van der Waals surface area contributed by atoms with Crippen molar-refractivity contribution in [2.75, 3.05) is 33.0 Å². The first-order valence-corrected chi connectivity index (χ1v) is 27.8. The van der Waals surface area contributed by atoms with Gasteiger partial charge >= 0.3 is 13.8 Å². The van der Waals surface area contributed by atoms with Crippen molar-refractivity contribution in [2.24, 2.45) is 5.73 Å². The quantitative estimate of drug-likeness (QED) is 0.0268. The maximum Gasteiger partial charge on any atom is 0.472 e. The Hall–Kier alpha value is -3.62. The smallest absolute Gasteiger partial charge is 0.457 e. The fourth-order valence-electron chi connectivity index (χ4n) is 6.47. The lowest BCUT2D eigenvalue weighted by atomic mass is 10.1. The van der Waals surface area contributed by atoms with Crippen molar-refractivity contribution >= 4 is 13.8 Å². The van der Waals surface area contributed by atoms with Crippen molar-refractivity contribution in [3.63, 3.8) is 0 Å². The number of ether oxygens (including phenoxy) is 2. The summed E-state index contributed by atoms with van der Waals surface area (Å²) in [5, 5.41) is 0. The van der Waals surface area contributed by atoms with Crippen molar-refractivity contribution in [1.82, 2.24) is 0 Å². The van der Waals surface area contributed by atoms with E-state index in [-0.39, 0.29) is 38.8 Å². The molecule has 0 aromatic heterocycles. The van der Waals surface area contributed by atoms with Gasteiger partial charge in [-0.1, -0.05) is 205 Å². The van der Waals surface area contributed by atoms with Gasteiger partial charge in [0.05, 0.1) is 19.8 Å². The molecular formula is C59H96NO7P. The molecule has 2 unspecified atom stereocenters. The highest BCUT2D eigenvalue weighted by Crippen LogP contribution is 2.43. The molecule has 0 aliphatic heterocycles. The molecule has 0 aromatic rings. The molecule has 0 aliphatic rings. The van der Waals surface area contributed by atoms with Crippen LogP contribution in [0.3, 0.4) is 0 Å². The molecule has 0 aliphatic carbocycles. The molecule has 384 valence electrons. The van der Waals surface area contributed by atoms with Crippen LogP contribution in [0.4, 0.5) is 0 Å². The summed E-state index contributed by atoms with van der Waals surface area (Å²) in [6, 6.07) is 0. The lowest BCUT2D eigenvalue weighted by Gasteiger charge is -2.20. The van der Waals surface area contributed by atoms with Gasteiger partial charge in [0.1, 0.15) is 6.10 Å². The molecule has 0 saturated heterocycles. The summed E-state index contributed by atoms with van der Waals surface area (Å²) < 4.78 is 33.6. The number of nitrogens with two attached hydrogens (primary N) is 1. The first-order chi connectivity index (χ1) is 33.4. The third-order valence-corrected chi connectivity index (χ3v) is 11.2. The predicted octanol–water partition coefficient (Wildman–Crippen LogP) is 16.9. The summed E-state index contributed by atoms with van der Waals surface area (Å²) >= 11 is 0. The maximum absolute atomic E-state index is 12.7. The Labute approximate surface area is 416 Å². The molecule has 68 heavy (non-hydrogen) atoms. The molecule has 0 aromatic carbocycles. The van der Waals surface area contributed by atoms with E-state index < -0.39 is 13.9 Å². The average molecular weight is 962 g/mol. The van der Waals surface area contributed by atoms with E-state index in [4.69, 9.17) is 24.3 Å². The second-order valence-corrected chi connectivity index (χ2v) is 18.1. The lowest BCUT2D eigenvalue weighted by Crippen LogP contribution is -2.28. The molecule has 0 saturated carbocycles. The van der Waals surface area contributed by atoms with Crippen LogP contribution >= 0.6 is 7.82 Å². The van der Waals surface area contributed by atoms with Gasteiger partial charge in [-0.2, -0.15) is 0 Å². The van der Waals surface area contributed by atoms with Crippen LogP contribution in [-0.2, 0) is 27.9 Å². The minimum atomic E-state index is -4.31. The Kier molecular flexibility index (Phi) is 51.4. The molecule has 0 radical (unpaired) electrons. The van der Waals surface area contributed by atoms with E-state index in [1.807, 2.05) is 0 Å². The van der Waals surface area contributed by atoms with E-state index in [9.17, 15) is 14.3 Å². The first-order valence-electron chi connectivity index (χ1n) is 26.3. The zero-order chi connectivity index (χ0) is 49.4. The van der Waals surface area contributed by atoms with Gasteiger partial charge in [0.25, 0.3) is 0 Å². The first kappa shape index (κ1) is 64.4. The highest BCUT2D eigenvalue weighted by molar-refractivity contribution is 7.47. The molecule has 0 heterocycles. The Balaban J connectivity index is 4.09. The normalized spacial score (nSPS) is 14.5. The third-order valence-electron chi connectivity index (χ3n) is 10.3. The van der Waals surface area contributed by atoms with Gasteiger partial charge in [-0.25, -0.2) is 4.57 Å². The fourth-order valence-corrected chi connectivity index (χ4v) is 7.24. The van der Waals surface area contributed by atoms with Crippen LogP contribution in [0.5, 0.6) is 0 Å². The average Bonchev–Trinajstić information content (AvgIpc) is 3.33. The van der Waals surface area contributed by atoms with Crippen molar-refractivity contribution < 1.29 is 32.8 Å². The van der Waals surface area contributed by atoms with Gasteiger partial charge < -0.3 is 20.1 Å². The van der Waals surface area contributed by atoms with Crippen molar-refractivity contribution in [1.29, 1.82) is 0 Å². The third kappa shape index (κ3) is 53.3. The van der Waals surface area contributed by atoms with Crippen molar-refractivity contribution in [3.05, 3.63) is 146 Å². The van der Waals surface area contributed by atoms with Gasteiger partial charge in [-0.15, -0.1) is 0 Å². The van der Waals surface area contributed by atoms with E-state index in [0.29, 0.717) is 6.61 Å². The molecule has 2 atom stereocenters. The SMILES string of the molecule is CC/C=C\C/C=C\C/C=C\C/C=C\C/C=C\C/C=C\C/C=C\CCCCOCC(COP(=O)(O)OCCN)OC(=O)CCCCCCCCCCC/C=C\C/C=C\C/C=C\C/C=C\C/C=C\CC. The molecule has 0 fully saturated rings. The van der Waals surface area contributed by atoms with Gasteiger partial charge in [0.15, 0.2) is 0 Å². The summed E-state index contributed by atoms with van der Waals surface area (Å²) in [6.45, 7) is 4.54. The number of hydrogen-bond donors (Lipinski definition) is 2. The Bertz CT molecular complexity index is 1550. The number of rotatable bonds is 48. The van der Waals surface area contributed by atoms with Crippen molar-refractivity contribution in [2.45, 2.75) is 187 Å². The van der Waals surface area contributed by atoms with Crippen LogP contribution in [0.15, 0.2) is 146 Å². The largest absolute Gasteiger partial charge is 0.472 e. The van der Waals surface area contributed by atoms with Crippen LogP contribution in [0, 0.1) is 0 Å². The summed E-state index contributed by atoms with van der Waals surface area (Å²) in [7, 11) is -4.31. The minimum absolute atomic E-state index is 0.0729. The fraction of sp³-hybridized carbons (Fsp3) is 0.576. The van der Waals surface area contributed by atoms with Crippen LogP contribution in [0.1, 0.15) is 181 Å². The second kappa shape index (κ2) is 54.3. The molecule has 0 bridgehead atoms. The molecule has 8 nitrogen and oxygen atoms in total. The topological polar surface area (TPSA) is 117 Å². The van der Waals surface area contributed by atoms with Crippen LogP contribution in [0.2, 0.25) is 0 Å². The maximum atomic E-state index is 12.7. The Morgan fingerprint density at radius 2 is 0.779 bits per heavy atom. The molecule has 0 spiro atoms. The predicted molar refractivity (Wildman–Crippen MR) is 293 cm³/mol. The molecule has 9 heteroatoms. The lowest BCUT2D eigenvalue weighted by molar-refractivity contribution is -0.154. The monoisotopic (exact) mass is 962 g/mol. The number of unbranched alkanes of at least 4 members (excludes halogenated alkanes) is 11. The van der Waals surface area contributed by atoms with Gasteiger partial charge in [0, 0.05) is 19.6 Å². The highest BCUT2D eigenvalue weighted by Gasteiger charge is 2.25. The number of allylic oxidation sites excluding steroid dienone is 24. The zero-order valence-electron chi connectivity index (χ0n) is 42.8. The summed E-state index contributed by atoms with van der Waals surface area (Å²) in [5.41, 5.74) is 5.39. The van der Waals surface area contributed by atoms with E-state index in [1.165, 1.54) is 38.5 Å². The van der Waals surface area contributed by atoms with Crippen LogP contribution in [-0.4, -0.2) is 49.9 Å². The van der Waals surface area contributed by atoms with Gasteiger partial charge in [-0.3, -0.25) is 13.8 Å². The van der Waals surface area contributed by atoms with E-state index in [0.717, 1.165) is 122 Å².